The summed E-state index contributed by atoms with van der Waals surface area (Å²) in [4.78, 5) is 15.4. The number of nitrogens with one attached hydrogen (secondary N) is 1. The van der Waals surface area contributed by atoms with Crippen molar-refractivity contribution in [1.29, 1.82) is 0 Å². The van der Waals surface area contributed by atoms with Crippen LogP contribution in [0.25, 0.3) is 11.6 Å². The summed E-state index contributed by atoms with van der Waals surface area (Å²) in [5.74, 6) is 4.20. The van der Waals surface area contributed by atoms with E-state index in [0.717, 1.165) is 28.6 Å². The molecular formula is C21H24N4O2S. The summed E-state index contributed by atoms with van der Waals surface area (Å²) >= 11 is 1.46. The molecule has 2 aliphatic carbocycles. The van der Waals surface area contributed by atoms with E-state index in [1.165, 1.54) is 37.4 Å². The van der Waals surface area contributed by atoms with Crippen molar-refractivity contribution >= 4 is 17.5 Å². The molecule has 4 atom stereocenters. The number of ketones is 1. The van der Waals surface area contributed by atoms with Crippen LogP contribution in [-0.2, 0) is 0 Å². The molecule has 0 aliphatic heterocycles. The Morgan fingerprint density at radius 2 is 2.25 bits per heavy atom. The zero-order valence-corrected chi connectivity index (χ0v) is 16.7. The van der Waals surface area contributed by atoms with E-state index in [2.05, 4.69) is 26.7 Å². The number of aromatic amines is 1. The summed E-state index contributed by atoms with van der Waals surface area (Å²) in [7, 11) is 0. The molecule has 3 heterocycles. The monoisotopic (exact) mass is 396 g/mol. The lowest BCUT2D eigenvalue weighted by molar-refractivity contribution is 0.101. The molecule has 2 saturated carbocycles. The fourth-order valence-corrected chi connectivity index (χ4v) is 6.01. The van der Waals surface area contributed by atoms with Crippen molar-refractivity contribution < 1.29 is 9.21 Å². The molecule has 2 fully saturated rings. The Kier molecular flexibility index (Phi) is 4.62. The van der Waals surface area contributed by atoms with Crippen LogP contribution in [0.1, 0.15) is 49.1 Å². The number of carbonyl (C=O) groups is 1. The summed E-state index contributed by atoms with van der Waals surface area (Å²) in [6, 6.07) is 7.73. The number of Topliss-reactive ketones (excluding diaryl/α,β-unsaturated/α-hetero) is 1. The Morgan fingerprint density at radius 1 is 1.32 bits per heavy atom. The molecule has 3 aromatic heterocycles. The zero-order valence-electron chi connectivity index (χ0n) is 15.9. The van der Waals surface area contributed by atoms with Gasteiger partial charge in [-0.25, -0.2) is 0 Å². The second-order valence-corrected chi connectivity index (χ2v) is 8.97. The highest BCUT2D eigenvalue weighted by atomic mass is 32.2. The predicted octanol–water partition coefficient (Wildman–Crippen LogP) is 4.84. The van der Waals surface area contributed by atoms with Crippen molar-refractivity contribution in [3.8, 4) is 11.6 Å². The minimum atomic E-state index is 0.0664. The molecule has 0 radical (unpaired) electrons. The first-order chi connectivity index (χ1) is 13.7. The normalized spacial score (nSPS) is 24.7. The second-order valence-electron chi connectivity index (χ2n) is 8.03. The third kappa shape index (κ3) is 3.11. The molecule has 0 amide bonds. The second kappa shape index (κ2) is 7.28. The molecule has 0 spiro atoms. The molecule has 0 saturated heterocycles. The van der Waals surface area contributed by atoms with Gasteiger partial charge in [0.1, 0.15) is 0 Å². The van der Waals surface area contributed by atoms with Crippen molar-refractivity contribution in [3.63, 3.8) is 0 Å². The number of aromatic nitrogens is 4. The molecule has 3 aromatic rings. The Labute approximate surface area is 168 Å². The van der Waals surface area contributed by atoms with E-state index in [1.54, 1.807) is 18.5 Å². The molecule has 2 aliphatic rings. The summed E-state index contributed by atoms with van der Waals surface area (Å²) in [6.45, 7) is 2.28. The largest absolute Gasteiger partial charge is 0.461 e. The van der Waals surface area contributed by atoms with E-state index in [4.69, 9.17) is 4.42 Å². The number of furan rings is 1. The fourth-order valence-electron chi connectivity index (χ4n) is 5.10. The molecule has 1 N–H and O–H groups in total. The van der Waals surface area contributed by atoms with Gasteiger partial charge in [-0.2, -0.15) is 0 Å². The number of rotatable bonds is 7. The van der Waals surface area contributed by atoms with Gasteiger partial charge in [-0.15, -0.1) is 10.2 Å². The van der Waals surface area contributed by atoms with Crippen molar-refractivity contribution in [2.75, 3.05) is 5.75 Å². The molecule has 7 heteroatoms. The van der Waals surface area contributed by atoms with E-state index in [0.29, 0.717) is 17.4 Å². The van der Waals surface area contributed by atoms with Crippen molar-refractivity contribution in [3.05, 3.63) is 42.4 Å². The van der Waals surface area contributed by atoms with Gasteiger partial charge < -0.3 is 9.40 Å². The molecule has 28 heavy (non-hydrogen) atoms. The fraction of sp³-hybridized carbons (Fsp3) is 0.476. The van der Waals surface area contributed by atoms with Crippen LogP contribution >= 0.6 is 11.8 Å². The third-order valence-corrected chi connectivity index (χ3v) is 7.40. The van der Waals surface area contributed by atoms with Crippen LogP contribution in [0, 0.1) is 17.8 Å². The van der Waals surface area contributed by atoms with Crippen LogP contribution in [0.5, 0.6) is 0 Å². The van der Waals surface area contributed by atoms with E-state index in [9.17, 15) is 4.79 Å². The molecule has 0 aromatic carbocycles. The van der Waals surface area contributed by atoms with Crippen LogP contribution in [0.4, 0.5) is 0 Å². The molecular weight excluding hydrogens is 372 g/mol. The van der Waals surface area contributed by atoms with E-state index >= 15 is 0 Å². The van der Waals surface area contributed by atoms with Crippen LogP contribution in [0.2, 0.25) is 0 Å². The highest BCUT2D eigenvalue weighted by Gasteiger charge is 2.43. The van der Waals surface area contributed by atoms with Crippen LogP contribution < -0.4 is 0 Å². The number of carbonyl (C=O) groups excluding carboxylic acids is 1. The number of nitrogens with zero attached hydrogens (tertiary/aromatic N) is 3. The molecule has 5 rings (SSSR count). The third-order valence-electron chi connectivity index (χ3n) is 6.46. The lowest BCUT2D eigenvalue weighted by atomic mass is 9.84. The van der Waals surface area contributed by atoms with Gasteiger partial charge in [0.25, 0.3) is 0 Å². The molecule has 146 valence electrons. The van der Waals surface area contributed by atoms with Crippen molar-refractivity contribution in [2.24, 2.45) is 17.8 Å². The smallest absolute Gasteiger partial charge is 0.200 e. The average Bonchev–Trinajstić information content (AvgIpc) is 3.53. The Bertz CT molecular complexity index is 947. The summed E-state index contributed by atoms with van der Waals surface area (Å²) in [6.07, 6.45) is 8.80. The number of hydrogen-bond acceptors (Lipinski definition) is 5. The summed E-state index contributed by atoms with van der Waals surface area (Å²) < 4.78 is 7.83. The van der Waals surface area contributed by atoms with Gasteiger partial charge in [0.15, 0.2) is 16.7 Å². The quantitative estimate of drug-likeness (QED) is 0.457. The lowest BCUT2D eigenvalue weighted by Gasteiger charge is -2.30. The molecule has 0 unspecified atom stereocenters. The van der Waals surface area contributed by atoms with Gasteiger partial charge in [0, 0.05) is 12.2 Å². The van der Waals surface area contributed by atoms with E-state index in [-0.39, 0.29) is 11.8 Å². The van der Waals surface area contributed by atoms with Gasteiger partial charge in [-0.3, -0.25) is 9.36 Å². The first-order valence-corrected chi connectivity index (χ1v) is 11.0. The van der Waals surface area contributed by atoms with Crippen LogP contribution in [-0.4, -0.2) is 31.3 Å². The molecule has 2 bridgehead atoms. The van der Waals surface area contributed by atoms with Gasteiger partial charge in [0.2, 0.25) is 5.82 Å². The molecule has 6 nitrogen and oxygen atoms in total. The topological polar surface area (TPSA) is 76.7 Å². The maximum atomic E-state index is 12.4. The first kappa shape index (κ1) is 17.8. The Hall–Kier alpha value is -2.28. The SMILES string of the molecule is C[C@@H]([C@@H]1C[C@H]2CC[C@H]1C2)n1c(SCC(=O)c2ccc[nH]2)nnc1-c1ccco1. The maximum Gasteiger partial charge on any atom is 0.200 e. The van der Waals surface area contributed by atoms with Crippen molar-refractivity contribution in [2.45, 2.75) is 43.8 Å². The highest BCUT2D eigenvalue weighted by molar-refractivity contribution is 7.99. The van der Waals surface area contributed by atoms with E-state index < -0.39 is 0 Å². The Balaban J connectivity index is 1.43. The van der Waals surface area contributed by atoms with Gasteiger partial charge in [-0.05, 0) is 68.2 Å². The van der Waals surface area contributed by atoms with Crippen LogP contribution in [0.3, 0.4) is 0 Å². The predicted molar refractivity (Wildman–Crippen MR) is 107 cm³/mol. The number of hydrogen-bond donors (Lipinski definition) is 1. The van der Waals surface area contributed by atoms with Crippen LogP contribution in [0.15, 0.2) is 46.3 Å². The number of fused-ring (bicyclic) bond motifs is 2. The van der Waals surface area contributed by atoms with Crippen molar-refractivity contribution in [1.82, 2.24) is 19.7 Å². The zero-order chi connectivity index (χ0) is 19.1. The number of thioether (sulfide) groups is 1. The minimum absolute atomic E-state index is 0.0664. The van der Waals surface area contributed by atoms with Gasteiger partial charge in [-0.1, -0.05) is 18.2 Å². The average molecular weight is 397 g/mol. The maximum absolute atomic E-state index is 12.4. The minimum Gasteiger partial charge on any atom is -0.461 e. The lowest BCUT2D eigenvalue weighted by Crippen LogP contribution is -2.23. The summed E-state index contributed by atoms with van der Waals surface area (Å²) in [5, 5.41) is 9.66. The first-order valence-electron chi connectivity index (χ1n) is 9.99. The summed E-state index contributed by atoms with van der Waals surface area (Å²) in [5.41, 5.74) is 0.631. The van der Waals surface area contributed by atoms with Gasteiger partial charge in [0.05, 0.1) is 17.7 Å². The van der Waals surface area contributed by atoms with E-state index in [1.807, 2.05) is 18.2 Å². The highest BCUT2D eigenvalue weighted by Crippen LogP contribution is 2.52. The standard InChI is InChI=1S/C21H24N4O2S/c1-13(16-11-14-6-7-15(16)10-14)25-20(19-5-3-9-27-19)23-24-21(25)28-12-18(26)17-4-2-8-22-17/h2-5,8-9,13-16,22H,6-7,10-12H2,1H3/t13-,14-,15-,16-/m0/s1. The van der Waals surface area contributed by atoms with Gasteiger partial charge >= 0.3 is 0 Å². The Morgan fingerprint density at radius 3 is 2.93 bits per heavy atom. The number of H-pyrrole nitrogens is 1.